The van der Waals surface area contributed by atoms with Gasteiger partial charge in [0.15, 0.2) is 0 Å². The zero-order chi connectivity index (χ0) is 17.5. The number of thiophene rings is 1. The van der Waals surface area contributed by atoms with Crippen LogP contribution in [-0.4, -0.2) is 12.1 Å². The molecule has 3 aromatic rings. The predicted molar refractivity (Wildman–Crippen MR) is 104 cm³/mol. The number of hydrogen-bond acceptors (Lipinski definition) is 4. The summed E-state index contributed by atoms with van der Waals surface area (Å²) < 4.78 is 6.67. The van der Waals surface area contributed by atoms with E-state index in [1.807, 2.05) is 53.2 Å². The van der Waals surface area contributed by atoms with Crippen molar-refractivity contribution < 1.29 is 9.53 Å². The topological polar surface area (TPSA) is 50.7 Å². The van der Waals surface area contributed by atoms with E-state index in [1.54, 1.807) is 29.7 Å². The third kappa shape index (κ3) is 5.01. The van der Waals surface area contributed by atoms with E-state index in [2.05, 4.69) is 26.5 Å². The second kappa shape index (κ2) is 8.60. The van der Waals surface area contributed by atoms with Crippen LogP contribution in [0, 0.1) is 0 Å². The summed E-state index contributed by atoms with van der Waals surface area (Å²) in [6.45, 7) is 0.431. The first-order valence-corrected chi connectivity index (χ1v) is 9.28. The zero-order valence-electron chi connectivity index (χ0n) is 13.2. The van der Waals surface area contributed by atoms with Crippen LogP contribution in [-0.2, 0) is 6.61 Å². The Morgan fingerprint density at radius 3 is 2.68 bits per heavy atom. The Morgan fingerprint density at radius 1 is 1.16 bits per heavy atom. The number of benzene rings is 2. The largest absolute Gasteiger partial charge is 0.488 e. The maximum absolute atomic E-state index is 12.0. The van der Waals surface area contributed by atoms with Gasteiger partial charge in [0, 0.05) is 11.1 Å². The molecule has 25 heavy (non-hydrogen) atoms. The van der Waals surface area contributed by atoms with Crippen LogP contribution in [0.3, 0.4) is 0 Å². The lowest BCUT2D eigenvalue weighted by Gasteiger charge is -2.08. The van der Waals surface area contributed by atoms with E-state index in [0.717, 1.165) is 21.3 Å². The summed E-state index contributed by atoms with van der Waals surface area (Å²) >= 11 is 5.03. The van der Waals surface area contributed by atoms with E-state index < -0.39 is 0 Å². The molecule has 1 N–H and O–H groups in total. The number of nitrogens with one attached hydrogen (secondary N) is 1. The number of nitrogens with zero attached hydrogens (tertiary/aromatic N) is 1. The van der Waals surface area contributed by atoms with Gasteiger partial charge in [-0.3, -0.25) is 4.79 Å². The Labute approximate surface area is 158 Å². The standard InChI is InChI=1S/C19H15BrN2O2S/c20-17-3-1-2-4-18(17)24-12-14-5-7-16(8-6-14)19(23)22-21-11-15-9-10-25-13-15/h1-11,13H,12H2,(H,22,23)/b21-11-. The minimum Gasteiger partial charge on any atom is -0.488 e. The van der Waals surface area contributed by atoms with Crippen LogP contribution >= 0.6 is 27.3 Å². The minimum atomic E-state index is -0.246. The van der Waals surface area contributed by atoms with E-state index in [-0.39, 0.29) is 5.91 Å². The molecule has 126 valence electrons. The molecule has 1 heterocycles. The number of para-hydroxylation sites is 1. The summed E-state index contributed by atoms with van der Waals surface area (Å²) in [5.41, 5.74) is 5.01. The Bertz CT molecular complexity index is 861. The predicted octanol–water partition coefficient (Wildman–Crippen LogP) is 4.85. The SMILES string of the molecule is O=C(N/N=C\c1ccsc1)c1ccc(COc2ccccc2Br)cc1. The molecule has 2 aromatic carbocycles. The molecule has 0 saturated carbocycles. The van der Waals surface area contributed by atoms with Gasteiger partial charge in [-0.25, -0.2) is 5.43 Å². The van der Waals surface area contributed by atoms with Gasteiger partial charge < -0.3 is 4.74 Å². The summed E-state index contributed by atoms with van der Waals surface area (Å²) in [6.07, 6.45) is 1.62. The third-order valence-electron chi connectivity index (χ3n) is 3.37. The Balaban J connectivity index is 1.54. The second-order valence-corrected chi connectivity index (χ2v) is 6.81. The quantitative estimate of drug-likeness (QED) is 0.462. The summed E-state index contributed by atoms with van der Waals surface area (Å²) in [5.74, 6) is 0.539. The fourth-order valence-electron chi connectivity index (χ4n) is 2.05. The van der Waals surface area contributed by atoms with Gasteiger partial charge in [0.05, 0.1) is 10.7 Å². The van der Waals surface area contributed by atoms with Crippen molar-refractivity contribution in [3.8, 4) is 5.75 Å². The van der Waals surface area contributed by atoms with E-state index in [4.69, 9.17) is 4.74 Å². The van der Waals surface area contributed by atoms with Crippen LogP contribution in [0.4, 0.5) is 0 Å². The molecule has 0 fully saturated rings. The van der Waals surface area contributed by atoms with Gasteiger partial charge in [-0.2, -0.15) is 16.4 Å². The molecular formula is C19H15BrN2O2S. The van der Waals surface area contributed by atoms with Gasteiger partial charge in [0.25, 0.3) is 5.91 Å². The Morgan fingerprint density at radius 2 is 1.96 bits per heavy atom. The maximum atomic E-state index is 12.0. The van der Waals surface area contributed by atoms with Crippen LogP contribution in [0.25, 0.3) is 0 Å². The lowest BCUT2D eigenvalue weighted by Crippen LogP contribution is -2.17. The van der Waals surface area contributed by atoms with Crippen molar-refractivity contribution in [3.05, 3.63) is 86.5 Å². The minimum absolute atomic E-state index is 0.246. The van der Waals surface area contributed by atoms with Crippen LogP contribution in [0.2, 0.25) is 0 Å². The molecule has 0 radical (unpaired) electrons. The van der Waals surface area contributed by atoms with Crippen molar-refractivity contribution in [3.63, 3.8) is 0 Å². The number of rotatable bonds is 6. The molecule has 0 bridgehead atoms. The molecule has 0 unspecified atom stereocenters. The van der Waals surface area contributed by atoms with Gasteiger partial charge in [-0.15, -0.1) is 0 Å². The molecular weight excluding hydrogens is 400 g/mol. The zero-order valence-corrected chi connectivity index (χ0v) is 15.6. The number of hydrazone groups is 1. The lowest BCUT2D eigenvalue weighted by atomic mass is 10.1. The summed E-state index contributed by atoms with van der Waals surface area (Å²) in [7, 11) is 0. The highest BCUT2D eigenvalue weighted by Crippen LogP contribution is 2.24. The molecule has 0 aliphatic carbocycles. The van der Waals surface area contributed by atoms with Crippen LogP contribution in [0.15, 0.2) is 74.9 Å². The number of amides is 1. The van der Waals surface area contributed by atoms with E-state index in [0.29, 0.717) is 12.2 Å². The van der Waals surface area contributed by atoms with E-state index in [1.165, 1.54) is 0 Å². The highest BCUT2D eigenvalue weighted by molar-refractivity contribution is 9.10. The monoisotopic (exact) mass is 414 g/mol. The first kappa shape index (κ1) is 17.4. The molecule has 0 atom stereocenters. The number of carbonyl (C=O) groups excluding carboxylic acids is 1. The number of ether oxygens (including phenoxy) is 1. The van der Waals surface area contributed by atoms with Crippen molar-refractivity contribution >= 4 is 39.4 Å². The van der Waals surface area contributed by atoms with Gasteiger partial charge in [-0.1, -0.05) is 24.3 Å². The first-order valence-electron chi connectivity index (χ1n) is 7.54. The number of carbonyl (C=O) groups is 1. The van der Waals surface area contributed by atoms with E-state index >= 15 is 0 Å². The number of halogens is 1. The molecule has 0 saturated heterocycles. The van der Waals surface area contributed by atoms with Gasteiger partial charge >= 0.3 is 0 Å². The third-order valence-corrected chi connectivity index (χ3v) is 4.73. The molecule has 4 nitrogen and oxygen atoms in total. The van der Waals surface area contributed by atoms with Crippen molar-refractivity contribution in [2.75, 3.05) is 0 Å². The highest BCUT2D eigenvalue weighted by atomic mass is 79.9. The number of hydrogen-bond donors (Lipinski definition) is 1. The molecule has 6 heteroatoms. The Kier molecular flexibility index (Phi) is 5.98. The van der Waals surface area contributed by atoms with Crippen LogP contribution < -0.4 is 10.2 Å². The van der Waals surface area contributed by atoms with Crippen molar-refractivity contribution in [1.82, 2.24) is 5.43 Å². The molecule has 1 amide bonds. The van der Waals surface area contributed by atoms with Crippen molar-refractivity contribution in [2.24, 2.45) is 5.10 Å². The second-order valence-electron chi connectivity index (χ2n) is 5.17. The molecule has 3 rings (SSSR count). The van der Waals surface area contributed by atoms with Gasteiger partial charge in [0.2, 0.25) is 0 Å². The molecule has 1 aromatic heterocycles. The summed E-state index contributed by atoms with van der Waals surface area (Å²) in [4.78, 5) is 12.0. The van der Waals surface area contributed by atoms with Crippen LogP contribution in [0.5, 0.6) is 5.75 Å². The van der Waals surface area contributed by atoms with Gasteiger partial charge in [-0.05, 0) is 62.6 Å². The summed E-state index contributed by atoms with van der Waals surface area (Å²) in [6, 6.07) is 16.9. The smallest absolute Gasteiger partial charge is 0.271 e. The Hall–Kier alpha value is -2.44. The highest BCUT2D eigenvalue weighted by Gasteiger charge is 2.05. The maximum Gasteiger partial charge on any atom is 0.271 e. The average Bonchev–Trinajstić information content (AvgIpc) is 3.15. The molecule has 0 spiro atoms. The fraction of sp³-hybridized carbons (Fsp3) is 0.0526. The fourth-order valence-corrected chi connectivity index (χ4v) is 3.06. The van der Waals surface area contributed by atoms with Crippen molar-refractivity contribution in [1.29, 1.82) is 0 Å². The summed E-state index contributed by atoms with van der Waals surface area (Å²) in [5, 5.41) is 7.86. The lowest BCUT2D eigenvalue weighted by molar-refractivity contribution is 0.0955. The van der Waals surface area contributed by atoms with Gasteiger partial charge in [0.1, 0.15) is 12.4 Å². The first-order chi connectivity index (χ1) is 12.2. The average molecular weight is 415 g/mol. The van der Waals surface area contributed by atoms with Crippen LogP contribution in [0.1, 0.15) is 21.5 Å². The normalized spacial score (nSPS) is 10.8. The van der Waals surface area contributed by atoms with Crippen molar-refractivity contribution in [2.45, 2.75) is 6.61 Å². The molecule has 0 aliphatic heterocycles. The molecule has 0 aliphatic rings. The van der Waals surface area contributed by atoms with E-state index in [9.17, 15) is 4.79 Å².